The highest BCUT2D eigenvalue weighted by Gasteiger charge is 2.11. The van der Waals surface area contributed by atoms with E-state index in [0.29, 0.717) is 5.70 Å². The molecule has 0 unspecified atom stereocenters. The second-order valence-electron chi connectivity index (χ2n) is 1.83. The van der Waals surface area contributed by atoms with Gasteiger partial charge in [-0.05, 0) is 0 Å². The SMILES string of the molecule is C=C1C=C(OC=O)NC(=O)N1. The van der Waals surface area contributed by atoms with Crippen molar-refractivity contribution in [2.75, 3.05) is 0 Å². The molecule has 0 radical (unpaired) electrons. The number of nitrogens with one attached hydrogen (secondary N) is 2. The minimum absolute atomic E-state index is 0.0775. The molecule has 1 aliphatic heterocycles. The zero-order valence-electron chi connectivity index (χ0n) is 5.59. The molecule has 0 aliphatic carbocycles. The fourth-order valence-electron chi connectivity index (χ4n) is 0.635. The summed E-state index contributed by atoms with van der Waals surface area (Å²) in [6.07, 6.45) is 1.40. The molecule has 2 N–H and O–H groups in total. The Kier molecular flexibility index (Phi) is 1.91. The first-order valence-electron chi connectivity index (χ1n) is 2.81. The lowest BCUT2D eigenvalue weighted by Crippen LogP contribution is -2.38. The van der Waals surface area contributed by atoms with Gasteiger partial charge in [0.1, 0.15) is 0 Å². The number of hydrogen-bond donors (Lipinski definition) is 2. The fraction of sp³-hybridized carbons (Fsp3) is 0. The van der Waals surface area contributed by atoms with Gasteiger partial charge >= 0.3 is 6.03 Å². The van der Waals surface area contributed by atoms with Gasteiger partial charge < -0.3 is 10.1 Å². The van der Waals surface area contributed by atoms with Gasteiger partial charge in [-0.25, -0.2) is 4.79 Å². The monoisotopic (exact) mass is 154 g/mol. The molecule has 58 valence electrons. The second-order valence-corrected chi connectivity index (χ2v) is 1.83. The number of ether oxygens (including phenoxy) is 1. The van der Waals surface area contributed by atoms with Crippen LogP contribution in [0.15, 0.2) is 24.2 Å². The predicted molar refractivity (Wildman–Crippen MR) is 36.0 cm³/mol. The Morgan fingerprint density at radius 1 is 1.55 bits per heavy atom. The van der Waals surface area contributed by atoms with E-state index in [1.54, 1.807) is 0 Å². The number of rotatable bonds is 2. The van der Waals surface area contributed by atoms with E-state index in [1.165, 1.54) is 6.08 Å². The lowest BCUT2D eigenvalue weighted by atomic mass is 10.4. The lowest BCUT2D eigenvalue weighted by Gasteiger charge is -2.14. The van der Waals surface area contributed by atoms with E-state index in [-0.39, 0.29) is 12.4 Å². The molecule has 0 atom stereocenters. The number of carbonyl (C=O) groups is 2. The van der Waals surface area contributed by atoms with Gasteiger partial charge in [0.25, 0.3) is 6.47 Å². The standard InChI is InChI=1S/C6H6N2O3/c1-4-2-5(11-3-9)8-6(10)7-4/h2-3H,1H2,(H2,7,8,10). The molecule has 0 saturated carbocycles. The maximum absolute atomic E-state index is 10.6. The smallest absolute Gasteiger partial charge is 0.326 e. The Hall–Kier alpha value is -1.78. The summed E-state index contributed by atoms with van der Waals surface area (Å²) in [5, 5.41) is 4.60. The van der Waals surface area contributed by atoms with Gasteiger partial charge in [-0.3, -0.25) is 10.1 Å². The summed E-state index contributed by atoms with van der Waals surface area (Å²) < 4.78 is 4.37. The summed E-state index contributed by atoms with van der Waals surface area (Å²) in [5.41, 5.74) is 0.380. The summed E-state index contributed by atoms with van der Waals surface area (Å²) in [7, 11) is 0. The summed E-state index contributed by atoms with van der Waals surface area (Å²) in [6, 6.07) is -0.464. The predicted octanol–water partition coefficient (Wildman–Crippen LogP) is -0.173. The molecular formula is C6H6N2O3. The highest BCUT2D eigenvalue weighted by molar-refractivity contribution is 5.79. The summed E-state index contributed by atoms with van der Waals surface area (Å²) in [5.74, 6) is 0.0775. The van der Waals surface area contributed by atoms with Crippen LogP contribution in [0.3, 0.4) is 0 Å². The van der Waals surface area contributed by atoms with Crippen LogP contribution < -0.4 is 10.6 Å². The third-order valence-electron chi connectivity index (χ3n) is 0.991. The lowest BCUT2D eigenvalue weighted by molar-refractivity contribution is -0.125. The Labute approximate surface area is 62.7 Å². The molecule has 0 aromatic heterocycles. The Morgan fingerprint density at radius 3 is 2.82 bits per heavy atom. The topological polar surface area (TPSA) is 67.4 Å². The van der Waals surface area contributed by atoms with E-state index < -0.39 is 6.03 Å². The van der Waals surface area contributed by atoms with Gasteiger partial charge in [0.05, 0.1) is 0 Å². The van der Waals surface area contributed by atoms with Crippen molar-refractivity contribution >= 4 is 12.5 Å². The van der Waals surface area contributed by atoms with Crippen molar-refractivity contribution in [3.63, 3.8) is 0 Å². The van der Waals surface area contributed by atoms with Crippen molar-refractivity contribution in [2.45, 2.75) is 0 Å². The minimum atomic E-state index is -0.464. The first-order valence-corrected chi connectivity index (χ1v) is 2.81. The van der Waals surface area contributed by atoms with Crippen LogP contribution >= 0.6 is 0 Å². The van der Waals surface area contributed by atoms with Gasteiger partial charge in [0.15, 0.2) is 0 Å². The van der Waals surface area contributed by atoms with Crippen molar-refractivity contribution in [1.29, 1.82) is 0 Å². The van der Waals surface area contributed by atoms with E-state index >= 15 is 0 Å². The molecule has 0 saturated heterocycles. The Morgan fingerprint density at radius 2 is 2.27 bits per heavy atom. The van der Waals surface area contributed by atoms with Crippen LogP contribution in [0.5, 0.6) is 0 Å². The van der Waals surface area contributed by atoms with Crippen molar-refractivity contribution in [2.24, 2.45) is 0 Å². The average Bonchev–Trinajstić information content (AvgIpc) is 1.85. The van der Waals surface area contributed by atoms with Crippen LogP contribution in [0.2, 0.25) is 0 Å². The van der Waals surface area contributed by atoms with Crippen molar-refractivity contribution < 1.29 is 14.3 Å². The van der Waals surface area contributed by atoms with Crippen LogP contribution in [0.4, 0.5) is 4.79 Å². The zero-order valence-corrected chi connectivity index (χ0v) is 5.59. The summed E-state index contributed by atoms with van der Waals surface area (Å²) in [4.78, 5) is 20.5. The van der Waals surface area contributed by atoms with E-state index in [9.17, 15) is 9.59 Å². The molecule has 0 aromatic rings. The van der Waals surface area contributed by atoms with Gasteiger partial charge in [0, 0.05) is 11.8 Å². The molecule has 0 spiro atoms. The first-order chi connectivity index (χ1) is 5.22. The van der Waals surface area contributed by atoms with Crippen molar-refractivity contribution in [1.82, 2.24) is 10.6 Å². The number of carbonyl (C=O) groups excluding carboxylic acids is 2. The molecule has 5 nitrogen and oxygen atoms in total. The third-order valence-corrected chi connectivity index (χ3v) is 0.991. The van der Waals surface area contributed by atoms with Gasteiger partial charge in [-0.15, -0.1) is 0 Å². The van der Waals surface area contributed by atoms with Crippen molar-refractivity contribution in [3.05, 3.63) is 24.2 Å². The second kappa shape index (κ2) is 2.87. The molecule has 2 amide bonds. The molecule has 0 bridgehead atoms. The zero-order chi connectivity index (χ0) is 8.27. The van der Waals surface area contributed by atoms with Crippen LogP contribution in [-0.2, 0) is 9.53 Å². The summed E-state index contributed by atoms with van der Waals surface area (Å²) in [6.45, 7) is 3.68. The molecule has 0 aromatic carbocycles. The molecule has 5 heteroatoms. The highest BCUT2D eigenvalue weighted by Crippen LogP contribution is 2.00. The molecular weight excluding hydrogens is 148 g/mol. The van der Waals surface area contributed by atoms with Crippen molar-refractivity contribution in [3.8, 4) is 0 Å². The van der Waals surface area contributed by atoms with Crippen LogP contribution in [0.25, 0.3) is 0 Å². The molecule has 1 aliphatic rings. The largest absolute Gasteiger partial charge is 0.412 e. The van der Waals surface area contributed by atoms with Crippen LogP contribution in [-0.4, -0.2) is 12.5 Å². The normalized spacial score (nSPS) is 16.2. The highest BCUT2D eigenvalue weighted by atomic mass is 16.5. The maximum Gasteiger partial charge on any atom is 0.326 e. The Balaban J connectivity index is 2.71. The molecule has 1 rings (SSSR count). The fourth-order valence-corrected chi connectivity index (χ4v) is 0.635. The third kappa shape index (κ3) is 1.82. The van der Waals surface area contributed by atoms with Gasteiger partial charge in [-0.2, -0.15) is 0 Å². The van der Waals surface area contributed by atoms with E-state index in [4.69, 9.17) is 0 Å². The number of amides is 2. The molecule has 1 heterocycles. The summed E-state index contributed by atoms with van der Waals surface area (Å²) >= 11 is 0. The maximum atomic E-state index is 10.6. The van der Waals surface area contributed by atoms with E-state index in [1.807, 2.05) is 0 Å². The first kappa shape index (κ1) is 7.33. The average molecular weight is 154 g/mol. The number of urea groups is 1. The van der Waals surface area contributed by atoms with Crippen LogP contribution in [0, 0.1) is 0 Å². The minimum Gasteiger partial charge on any atom is -0.412 e. The molecule has 0 fully saturated rings. The number of allylic oxidation sites excluding steroid dienone is 1. The van der Waals surface area contributed by atoms with E-state index in [2.05, 4.69) is 21.9 Å². The van der Waals surface area contributed by atoms with Crippen LogP contribution in [0.1, 0.15) is 0 Å². The number of hydrogen-bond acceptors (Lipinski definition) is 3. The van der Waals surface area contributed by atoms with Gasteiger partial charge in [0.2, 0.25) is 5.88 Å². The van der Waals surface area contributed by atoms with E-state index in [0.717, 1.165) is 0 Å². The molecule has 11 heavy (non-hydrogen) atoms. The van der Waals surface area contributed by atoms with Gasteiger partial charge in [-0.1, -0.05) is 6.58 Å². The quantitative estimate of drug-likeness (QED) is 0.542. The Bertz CT molecular complexity index is 244.